The molecule has 0 aliphatic heterocycles. The van der Waals surface area contributed by atoms with Gasteiger partial charge in [-0.3, -0.25) is 4.79 Å². The topological polar surface area (TPSA) is 33.5 Å². The number of carbonyl (C=O) groups is 1. The van der Waals surface area contributed by atoms with E-state index in [1.165, 1.54) is 12.1 Å². The number of hydrogen-bond acceptors (Lipinski definition) is 1. The van der Waals surface area contributed by atoms with E-state index in [1.807, 2.05) is 13.1 Å². The van der Waals surface area contributed by atoms with E-state index < -0.39 is 0 Å². The summed E-state index contributed by atoms with van der Waals surface area (Å²) < 4.78 is 13.1. The third-order valence-corrected chi connectivity index (χ3v) is 3.61. The maximum absolute atomic E-state index is 13.1. The number of quaternary nitrogens is 1. The highest BCUT2D eigenvalue weighted by atomic mass is 35.5. The largest absolute Gasteiger partial charge is 0.326 e. The molecule has 2 aromatic carbocycles. The van der Waals surface area contributed by atoms with E-state index >= 15 is 0 Å². The van der Waals surface area contributed by atoms with Crippen LogP contribution in [0.2, 0.25) is 10.0 Å². The zero-order chi connectivity index (χ0) is 16.1. The van der Waals surface area contributed by atoms with Crippen molar-refractivity contribution in [3.8, 4) is 0 Å². The molecule has 6 heteroatoms. The van der Waals surface area contributed by atoms with Crippen LogP contribution in [0.25, 0.3) is 0 Å². The molecule has 0 saturated heterocycles. The van der Waals surface area contributed by atoms with Gasteiger partial charge in [0.05, 0.1) is 17.8 Å². The Morgan fingerprint density at radius 2 is 2.00 bits per heavy atom. The molecular formula is C16H16Cl2FN2O+. The third kappa shape index (κ3) is 4.98. The predicted molar refractivity (Wildman–Crippen MR) is 86.9 cm³/mol. The van der Waals surface area contributed by atoms with Crippen LogP contribution in [-0.2, 0) is 11.3 Å². The van der Waals surface area contributed by atoms with Gasteiger partial charge in [-0.25, -0.2) is 4.39 Å². The Hall–Kier alpha value is -1.62. The van der Waals surface area contributed by atoms with E-state index in [0.717, 1.165) is 10.5 Å². The first kappa shape index (κ1) is 16.7. The van der Waals surface area contributed by atoms with Gasteiger partial charge in [-0.05, 0) is 30.3 Å². The zero-order valence-electron chi connectivity index (χ0n) is 12.0. The van der Waals surface area contributed by atoms with Crippen molar-refractivity contribution >= 4 is 34.8 Å². The Bertz CT molecular complexity index is 679. The molecule has 1 atom stereocenters. The Labute approximate surface area is 138 Å². The summed E-state index contributed by atoms with van der Waals surface area (Å²) in [6.45, 7) is 0.801. The normalized spacial score (nSPS) is 12.0. The minimum Gasteiger partial charge on any atom is -0.326 e. The summed E-state index contributed by atoms with van der Waals surface area (Å²) in [4.78, 5) is 13.0. The van der Waals surface area contributed by atoms with Crippen molar-refractivity contribution < 1.29 is 14.1 Å². The number of rotatable bonds is 5. The molecule has 0 saturated carbocycles. The Balaban J connectivity index is 1.91. The fraction of sp³-hybridized carbons (Fsp3) is 0.188. The molecule has 0 fully saturated rings. The Morgan fingerprint density at radius 1 is 1.23 bits per heavy atom. The lowest BCUT2D eigenvalue weighted by Crippen LogP contribution is -3.08. The summed E-state index contributed by atoms with van der Waals surface area (Å²) in [5.41, 5.74) is 1.37. The fourth-order valence-corrected chi connectivity index (χ4v) is 2.57. The van der Waals surface area contributed by atoms with E-state index in [2.05, 4.69) is 5.32 Å². The first-order valence-electron chi connectivity index (χ1n) is 6.74. The van der Waals surface area contributed by atoms with Gasteiger partial charge >= 0.3 is 0 Å². The van der Waals surface area contributed by atoms with Crippen LogP contribution in [0.5, 0.6) is 0 Å². The molecule has 116 valence electrons. The molecule has 0 heterocycles. The van der Waals surface area contributed by atoms with Gasteiger partial charge in [-0.15, -0.1) is 0 Å². The van der Waals surface area contributed by atoms with Crippen LogP contribution in [0.15, 0.2) is 42.5 Å². The molecule has 22 heavy (non-hydrogen) atoms. The first-order valence-corrected chi connectivity index (χ1v) is 7.50. The van der Waals surface area contributed by atoms with Gasteiger partial charge in [-0.2, -0.15) is 0 Å². The highest BCUT2D eigenvalue weighted by Crippen LogP contribution is 2.25. The molecule has 1 amide bonds. The number of anilines is 1. The summed E-state index contributed by atoms with van der Waals surface area (Å²) in [6.07, 6.45) is 0. The lowest BCUT2D eigenvalue weighted by atomic mass is 10.2. The highest BCUT2D eigenvalue weighted by molar-refractivity contribution is 6.36. The van der Waals surface area contributed by atoms with Crippen LogP contribution in [-0.4, -0.2) is 19.5 Å². The molecule has 2 aromatic rings. The Morgan fingerprint density at radius 3 is 2.68 bits per heavy atom. The van der Waals surface area contributed by atoms with Crippen LogP contribution >= 0.6 is 23.2 Å². The maximum atomic E-state index is 13.1. The Kier molecular flexibility index (Phi) is 5.77. The summed E-state index contributed by atoms with van der Waals surface area (Å²) in [6, 6.07) is 11.2. The van der Waals surface area contributed by atoms with Crippen molar-refractivity contribution in [2.24, 2.45) is 0 Å². The van der Waals surface area contributed by atoms with Crippen molar-refractivity contribution in [1.82, 2.24) is 0 Å². The first-order chi connectivity index (χ1) is 10.4. The van der Waals surface area contributed by atoms with Gasteiger partial charge in [0.2, 0.25) is 0 Å². The molecule has 2 N–H and O–H groups in total. The zero-order valence-corrected chi connectivity index (χ0v) is 13.5. The second-order valence-corrected chi connectivity index (χ2v) is 5.96. The number of likely N-dealkylation sites (N-methyl/N-ethyl adjacent to an activating group) is 1. The van der Waals surface area contributed by atoms with Gasteiger partial charge in [0.15, 0.2) is 6.54 Å². The average molecular weight is 342 g/mol. The van der Waals surface area contributed by atoms with Crippen LogP contribution in [0, 0.1) is 5.82 Å². The van der Waals surface area contributed by atoms with Crippen molar-refractivity contribution in [1.29, 1.82) is 0 Å². The van der Waals surface area contributed by atoms with Crippen molar-refractivity contribution in [3.05, 3.63) is 63.9 Å². The standard InChI is InChI=1S/C16H15Cl2FN2O/c1-21(9-11-3-2-4-13(19)7-11)10-16(22)20-15-6-5-12(17)8-14(15)18/h2-8H,9-10H2,1H3,(H,20,22)/p+1. The van der Waals surface area contributed by atoms with E-state index in [1.54, 1.807) is 24.3 Å². The lowest BCUT2D eigenvalue weighted by molar-refractivity contribution is -0.885. The molecule has 2 rings (SSSR count). The van der Waals surface area contributed by atoms with E-state index in [0.29, 0.717) is 22.3 Å². The van der Waals surface area contributed by atoms with Gasteiger partial charge in [0.1, 0.15) is 12.4 Å². The maximum Gasteiger partial charge on any atom is 0.279 e. The molecule has 0 bridgehead atoms. The fourth-order valence-electron chi connectivity index (χ4n) is 2.12. The summed E-state index contributed by atoms with van der Waals surface area (Å²) in [7, 11) is 1.87. The molecular weight excluding hydrogens is 326 g/mol. The summed E-state index contributed by atoms with van der Waals surface area (Å²) >= 11 is 11.8. The average Bonchev–Trinajstić information content (AvgIpc) is 2.41. The second-order valence-electron chi connectivity index (χ2n) is 5.11. The monoisotopic (exact) mass is 341 g/mol. The van der Waals surface area contributed by atoms with Crippen LogP contribution < -0.4 is 10.2 Å². The SMILES string of the molecule is C[NH+](CC(=O)Nc1ccc(Cl)cc1Cl)Cc1cccc(F)c1. The molecule has 1 unspecified atom stereocenters. The van der Waals surface area contributed by atoms with Gasteiger partial charge in [0, 0.05) is 10.6 Å². The summed E-state index contributed by atoms with van der Waals surface area (Å²) in [5, 5.41) is 3.64. The molecule has 0 aliphatic carbocycles. The van der Waals surface area contributed by atoms with E-state index in [-0.39, 0.29) is 18.3 Å². The molecule has 0 radical (unpaired) electrons. The number of halogens is 3. The van der Waals surface area contributed by atoms with Gasteiger partial charge in [-0.1, -0.05) is 35.3 Å². The number of nitrogens with one attached hydrogen (secondary N) is 2. The highest BCUT2D eigenvalue weighted by Gasteiger charge is 2.12. The van der Waals surface area contributed by atoms with E-state index in [4.69, 9.17) is 23.2 Å². The second kappa shape index (κ2) is 7.58. The summed E-state index contributed by atoms with van der Waals surface area (Å²) in [5.74, 6) is -0.444. The van der Waals surface area contributed by atoms with Crippen LogP contribution in [0.3, 0.4) is 0 Å². The quantitative estimate of drug-likeness (QED) is 0.861. The van der Waals surface area contributed by atoms with Crippen LogP contribution in [0.1, 0.15) is 5.56 Å². The molecule has 0 spiro atoms. The molecule has 0 aromatic heterocycles. The number of amides is 1. The molecule has 3 nitrogen and oxygen atoms in total. The van der Waals surface area contributed by atoms with Crippen molar-refractivity contribution in [3.63, 3.8) is 0 Å². The van der Waals surface area contributed by atoms with Gasteiger partial charge in [0.25, 0.3) is 5.91 Å². The number of benzene rings is 2. The third-order valence-electron chi connectivity index (χ3n) is 3.06. The van der Waals surface area contributed by atoms with Crippen LogP contribution in [0.4, 0.5) is 10.1 Å². The molecule has 0 aliphatic rings. The minimum atomic E-state index is -0.275. The van der Waals surface area contributed by atoms with Crippen molar-refractivity contribution in [2.75, 3.05) is 18.9 Å². The van der Waals surface area contributed by atoms with E-state index in [9.17, 15) is 9.18 Å². The van der Waals surface area contributed by atoms with Gasteiger partial charge < -0.3 is 10.2 Å². The number of hydrogen-bond donors (Lipinski definition) is 2. The predicted octanol–water partition coefficient (Wildman–Crippen LogP) is 2.79. The minimum absolute atomic E-state index is 0.168. The smallest absolute Gasteiger partial charge is 0.279 e. The number of carbonyl (C=O) groups excluding carboxylic acids is 1. The lowest BCUT2D eigenvalue weighted by Gasteiger charge is -2.14. The van der Waals surface area contributed by atoms with Crippen molar-refractivity contribution in [2.45, 2.75) is 6.54 Å².